The zero-order valence-corrected chi connectivity index (χ0v) is 34.0. The van der Waals surface area contributed by atoms with Crippen LogP contribution in [0.2, 0.25) is 0 Å². The van der Waals surface area contributed by atoms with Gasteiger partial charge in [0.1, 0.15) is 47.9 Å². The number of alkyl carbamates (subject to hydrolysis) is 1. The van der Waals surface area contributed by atoms with Gasteiger partial charge < -0.3 is 65.6 Å². The van der Waals surface area contributed by atoms with E-state index in [1.165, 1.54) is 44.4 Å². The summed E-state index contributed by atoms with van der Waals surface area (Å²) in [6.07, 6.45) is -0.882. The third-order valence-electron chi connectivity index (χ3n) is 11.9. The van der Waals surface area contributed by atoms with Gasteiger partial charge in [0.25, 0.3) is 0 Å². The average molecular weight is 860 g/mol. The van der Waals surface area contributed by atoms with Gasteiger partial charge in [-0.05, 0) is 56.4 Å². The number of hydrogen-bond donors (Lipinski definition) is 8. The van der Waals surface area contributed by atoms with Gasteiger partial charge in [-0.3, -0.25) is 14.4 Å². The molecule has 1 saturated heterocycles. The Morgan fingerprint density at radius 3 is 2.32 bits per heavy atom. The number of benzene rings is 3. The molecule has 330 valence electrons. The van der Waals surface area contributed by atoms with Crippen molar-refractivity contribution in [1.82, 2.24) is 10.6 Å². The molecule has 7 rings (SSSR count). The molecule has 0 spiro atoms. The van der Waals surface area contributed by atoms with Crippen molar-refractivity contribution in [2.24, 2.45) is 5.73 Å². The minimum atomic E-state index is -2.37. The summed E-state index contributed by atoms with van der Waals surface area (Å²) in [4.78, 5) is 66.3. The molecule has 3 aromatic carbocycles. The molecule has 9 N–H and O–H groups in total. The SMILES string of the molecule is COc1cccc2c1C(=O)c1c(O)c3c(c(O)c1C2=O)C[C@@](O)(C(=O)CO)CC3OC1CC(NC(=O)OCc2ccc(OC(=O)NC3CC/C=C/CCC3N)cc2)C(O)C(C)O1. The Kier molecular flexibility index (Phi) is 13.0. The van der Waals surface area contributed by atoms with E-state index in [-0.39, 0.29) is 58.9 Å². The predicted molar refractivity (Wildman–Crippen MR) is 216 cm³/mol. The number of aromatic hydroxyl groups is 2. The second-order valence-corrected chi connectivity index (χ2v) is 15.9. The fraction of sp³-hybridized carbons (Fsp3) is 0.432. The molecule has 0 aromatic heterocycles. The quantitative estimate of drug-likeness (QED) is 0.0841. The molecule has 3 aromatic rings. The maximum absolute atomic E-state index is 14.0. The molecule has 0 radical (unpaired) electrons. The van der Waals surface area contributed by atoms with Crippen molar-refractivity contribution in [3.05, 3.63) is 93.6 Å². The van der Waals surface area contributed by atoms with E-state index in [1.54, 1.807) is 12.1 Å². The summed E-state index contributed by atoms with van der Waals surface area (Å²) in [6.45, 7) is 0.211. The molecule has 1 fully saturated rings. The van der Waals surface area contributed by atoms with Gasteiger partial charge in [-0.1, -0.05) is 36.4 Å². The van der Waals surface area contributed by atoms with Crippen LogP contribution in [0, 0.1) is 0 Å². The standard InChI is InChI=1S/C44H49N3O15/c1-21-37(50)28(47-42(55)59-20-22-12-14-23(15-13-22)61-43(56)46-27-10-6-4-3-5-9-26(27)45)16-32(60-21)62-30-18-44(57,31(49)19-48)17-25-34(30)41(54)36-35(39(25)52)38(51)24-8-7-11-29(58-2)33(24)40(36)53/h3-4,7-8,11-15,21,26-28,30,32,37,48,50,52,54,57H,5-6,9-10,16-20,45H2,1-2H3,(H,46,56)(H,47,55)/b4-3+/t21?,26?,27?,28?,30?,32?,37?,44-/m0/s1. The molecule has 62 heavy (non-hydrogen) atoms. The molecule has 18 heteroatoms. The first-order chi connectivity index (χ1) is 29.6. The summed E-state index contributed by atoms with van der Waals surface area (Å²) in [5, 5.41) is 61.2. The van der Waals surface area contributed by atoms with E-state index in [1.807, 2.05) is 0 Å². The number of phenols is 2. The maximum Gasteiger partial charge on any atom is 0.412 e. The molecular weight excluding hydrogens is 810 g/mol. The number of ketones is 3. The van der Waals surface area contributed by atoms with Crippen LogP contribution in [0.5, 0.6) is 23.0 Å². The van der Waals surface area contributed by atoms with Gasteiger partial charge in [-0.2, -0.15) is 0 Å². The molecule has 1 heterocycles. The van der Waals surface area contributed by atoms with Crippen LogP contribution >= 0.6 is 0 Å². The lowest BCUT2D eigenvalue weighted by Crippen LogP contribution is -2.56. The van der Waals surface area contributed by atoms with Crippen LogP contribution in [-0.2, 0) is 32.0 Å². The monoisotopic (exact) mass is 859 g/mol. The Morgan fingerprint density at radius 2 is 1.61 bits per heavy atom. The van der Waals surface area contributed by atoms with Crippen molar-refractivity contribution in [2.75, 3.05) is 13.7 Å². The molecule has 3 aliphatic carbocycles. The lowest BCUT2D eigenvalue weighted by molar-refractivity contribution is -0.249. The van der Waals surface area contributed by atoms with E-state index in [4.69, 9.17) is 29.4 Å². The number of aliphatic hydroxyl groups excluding tert-OH is 2. The number of ether oxygens (including phenoxy) is 5. The third-order valence-corrected chi connectivity index (χ3v) is 11.9. The zero-order valence-electron chi connectivity index (χ0n) is 34.0. The number of methoxy groups -OCH3 is 1. The normalized spacial score (nSPS) is 27.3. The van der Waals surface area contributed by atoms with E-state index in [0.717, 1.165) is 19.3 Å². The van der Waals surface area contributed by atoms with E-state index < -0.39 is 108 Å². The van der Waals surface area contributed by atoms with Gasteiger partial charge in [-0.15, -0.1) is 0 Å². The number of nitrogens with two attached hydrogens (primary N) is 1. The predicted octanol–water partition coefficient (Wildman–Crippen LogP) is 2.88. The van der Waals surface area contributed by atoms with Crippen LogP contribution in [0.4, 0.5) is 9.59 Å². The van der Waals surface area contributed by atoms with Crippen LogP contribution in [0.15, 0.2) is 54.6 Å². The Balaban J connectivity index is 1.04. The highest BCUT2D eigenvalue weighted by Gasteiger charge is 2.50. The Bertz CT molecular complexity index is 2280. The van der Waals surface area contributed by atoms with E-state index in [2.05, 4.69) is 22.8 Å². The molecule has 8 atom stereocenters. The highest BCUT2D eigenvalue weighted by atomic mass is 16.7. The first-order valence-corrected chi connectivity index (χ1v) is 20.3. The topological polar surface area (TPSA) is 283 Å². The Morgan fingerprint density at radius 1 is 0.919 bits per heavy atom. The lowest BCUT2D eigenvalue weighted by Gasteiger charge is -2.42. The smallest absolute Gasteiger partial charge is 0.412 e. The van der Waals surface area contributed by atoms with E-state index in [9.17, 15) is 49.5 Å². The number of rotatable bonds is 10. The molecule has 4 aliphatic rings. The molecular formula is C44H49N3O15. The first kappa shape index (κ1) is 44.2. The molecule has 2 amide bonds. The van der Waals surface area contributed by atoms with Gasteiger partial charge >= 0.3 is 12.2 Å². The van der Waals surface area contributed by atoms with Crippen LogP contribution in [-0.4, -0.2) is 111 Å². The highest BCUT2D eigenvalue weighted by Crippen LogP contribution is 2.52. The Hall–Kier alpha value is -5.89. The van der Waals surface area contributed by atoms with Gasteiger partial charge in [0.2, 0.25) is 5.78 Å². The maximum atomic E-state index is 14.0. The number of phenolic OH excluding ortho intramolecular Hbond substituents is 2. The number of aliphatic hydroxyl groups is 3. The number of carbonyl (C=O) groups is 5. The second kappa shape index (κ2) is 18.2. The summed E-state index contributed by atoms with van der Waals surface area (Å²) >= 11 is 0. The van der Waals surface area contributed by atoms with Crippen LogP contribution in [0.1, 0.15) is 100 Å². The minimum absolute atomic E-state index is 0.0486. The summed E-state index contributed by atoms with van der Waals surface area (Å²) in [5.41, 5.74) is 2.61. The van der Waals surface area contributed by atoms with Crippen molar-refractivity contribution >= 4 is 29.5 Å². The number of amides is 2. The van der Waals surface area contributed by atoms with Crippen LogP contribution < -0.4 is 25.8 Å². The molecule has 1 aliphatic heterocycles. The number of fused-ring (bicyclic) bond motifs is 3. The molecule has 0 bridgehead atoms. The number of hydrogen-bond acceptors (Lipinski definition) is 16. The van der Waals surface area contributed by atoms with E-state index in [0.29, 0.717) is 12.0 Å². The van der Waals surface area contributed by atoms with Crippen molar-refractivity contribution in [3.8, 4) is 23.0 Å². The number of nitrogens with one attached hydrogen (secondary N) is 2. The third kappa shape index (κ3) is 8.74. The largest absolute Gasteiger partial charge is 0.507 e. The van der Waals surface area contributed by atoms with Crippen LogP contribution in [0.3, 0.4) is 0 Å². The second-order valence-electron chi connectivity index (χ2n) is 15.9. The summed E-state index contributed by atoms with van der Waals surface area (Å²) in [6, 6.07) is 9.10. The van der Waals surface area contributed by atoms with Crippen molar-refractivity contribution < 1.29 is 73.2 Å². The Labute approximate surface area is 355 Å². The van der Waals surface area contributed by atoms with Crippen LogP contribution in [0.25, 0.3) is 0 Å². The minimum Gasteiger partial charge on any atom is -0.507 e. The molecule has 0 saturated carbocycles. The molecule has 7 unspecified atom stereocenters. The van der Waals surface area contributed by atoms with Gasteiger partial charge in [0, 0.05) is 48.0 Å². The highest BCUT2D eigenvalue weighted by molar-refractivity contribution is 6.31. The fourth-order valence-electron chi connectivity index (χ4n) is 8.54. The number of carbonyl (C=O) groups excluding carboxylic acids is 5. The fourth-order valence-corrected chi connectivity index (χ4v) is 8.54. The lowest BCUT2D eigenvalue weighted by atomic mass is 9.72. The number of Topliss-reactive ketones (excluding diaryl/α,β-unsaturated/α-hetero) is 1. The van der Waals surface area contributed by atoms with Crippen molar-refractivity contribution in [2.45, 2.75) is 107 Å². The van der Waals surface area contributed by atoms with Gasteiger partial charge in [0.15, 0.2) is 17.9 Å². The molecule has 18 nitrogen and oxygen atoms in total. The average Bonchev–Trinajstić information content (AvgIpc) is 3.24. The van der Waals surface area contributed by atoms with Gasteiger partial charge in [-0.25, -0.2) is 9.59 Å². The first-order valence-electron chi connectivity index (χ1n) is 20.3. The zero-order chi connectivity index (χ0) is 44.5. The van der Waals surface area contributed by atoms with Gasteiger partial charge in [0.05, 0.1) is 42.0 Å². The van der Waals surface area contributed by atoms with E-state index >= 15 is 0 Å². The van der Waals surface area contributed by atoms with Crippen molar-refractivity contribution in [1.29, 1.82) is 0 Å². The summed E-state index contributed by atoms with van der Waals surface area (Å²) < 4.78 is 28.3. The number of allylic oxidation sites excluding steroid dienone is 2. The summed E-state index contributed by atoms with van der Waals surface area (Å²) in [7, 11) is 1.30. The summed E-state index contributed by atoms with van der Waals surface area (Å²) in [5.74, 6) is -3.91. The van der Waals surface area contributed by atoms with Crippen molar-refractivity contribution in [3.63, 3.8) is 0 Å².